The van der Waals surface area contributed by atoms with E-state index in [1.807, 2.05) is 45.2 Å². The highest BCUT2D eigenvalue weighted by atomic mass is 16.5. The quantitative estimate of drug-likeness (QED) is 0.709. The van der Waals surface area contributed by atoms with Gasteiger partial charge in [0.1, 0.15) is 17.1 Å². The average Bonchev–Trinajstić information content (AvgIpc) is 2.67. The number of pyridine rings is 2. The summed E-state index contributed by atoms with van der Waals surface area (Å²) in [7, 11) is 3.41. The van der Waals surface area contributed by atoms with Gasteiger partial charge in [-0.15, -0.1) is 0 Å². The first-order valence-corrected chi connectivity index (χ1v) is 8.50. The molecule has 27 heavy (non-hydrogen) atoms. The largest absolute Gasteiger partial charge is 0.497 e. The van der Waals surface area contributed by atoms with Gasteiger partial charge < -0.3 is 19.5 Å². The lowest BCUT2D eigenvalue weighted by Crippen LogP contribution is -2.15. The van der Waals surface area contributed by atoms with E-state index >= 15 is 0 Å². The molecule has 7 heteroatoms. The fraction of sp³-hybridized carbons (Fsp3) is 0.250. The van der Waals surface area contributed by atoms with Crippen molar-refractivity contribution in [3.8, 4) is 11.5 Å². The third-order valence-electron chi connectivity index (χ3n) is 4.30. The lowest BCUT2D eigenvalue weighted by Gasteiger charge is -2.23. The number of methoxy groups -OCH3 is 1. The summed E-state index contributed by atoms with van der Waals surface area (Å²) in [4.78, 5) is 22.4. The van der Waals surface area contributed by atoms with Crippen LogP contribution in [0.5, 0.6) is 11.5 Å². The summed E-state index contributed by atoms with van der Waals surface area (Å²) < 4.78 is 10.8. The molecule has 0 radical (unpaired) electrons. The van der Waals surface area contributed by atoms with Crippen molar-refractivity contribution in [1.82, 2.24) is 9.97 Å². The van der Waals surface area contributed by atoms with E-state index in [0.29, 0.717) is 34.8 Å². The van der Waals surface area contributed by atoms with Crippen molar-refractivity contribution >= 4 is 28.4 Å². The van der Waals surface area contributed by atoms with Gasteiger partial charge in [0.15, 0.2) is 5.65 Å². The van der Waals surface area contributed by atoms with Crippen LogP contribution in [0, 0.1) is 6.92 Å². The number of carboxylic acids is 1. The number of aryl methyl sites for hydroxylation is 1. The van der Waals surface area contributed by atoms with E-state index in [9.17, 15) is 9.90 Å². The van der Waals surface area contributed by atoms with E-state index in [1.54, 1.807) is 18.1 Å². The molecule has 0 atom stereocenters. The normalized spacial score (nSPS) is 10.7. The first kappa shape index (κ1) is 18.4. The number of carbonyl (C=O) groups is 1. The summed E-state index contributed by atoms with van der Waals surface area (Å²) >= 11 is 0. The number of hydrogen-bond acceptors (Lipinski definition) is 6. The van der Waals surface area contributed by atoms with Crippen LogP contribution in [0.15, 0.2) is 36.5 Å². The minimum Gasteiger partial charge on any atom is -0.497 e. The minimum atomic E-state index is -1.06. The molecule has 140 valence electrons. The monoisotopic (exact) mass is 367 g/mol. The van der Waals surface area contributed by atoms with Crippen molar-refractivity contribution in [2.75, 3.05) is 25.7 Å². The number of rotatable bonds is 6. The van der Waals surface area contributed by atoms with E-state index in [4.69, 9.17) is 9.47 Å². The van der Waals surface area contributed by atoms with Gasteiger partial charge in [0.25, 0.3) is 0 Å². The van der Waals surface area contributed by atoms with Crippen molar-refractivity contribution < 1.29 is 19.4 Å². The van der Waals surface area contributed by atoms with Crippen LogP contribution in [0.3, 0.4) is 0 Å². The number of aromatic nitrogens is 2. The number of aromatic carboxylic acids is 1. The van der Waals surface area contributed by atoms with Gasteiger partial charge in [0.05, 0.1) is 25.1 Å². The molecule has 1 aromatic carbocycles. The summed E-state index contributed by atoms with van der Waals surface area (Å²) in [5, 5.41) is 10.3. The SMILES string of the molecule is CCOc1cc2c(N(C)c3ccc(OC)cc3)c(C(=O)O)cnc2nc1C. The number of ether oxygens (including phenoxy) is 2. The Balaban J connectivity index is 2.24. The maximum atomic E-state index is 11.8. The highest BCUT2D eigenvalue weighted by Gasteiger charge is 2.21. The summed E-state index contributed by atoms with van der Waals surface area (Å²) in [5.74, 6) is 0.276. The van der Waals surface area contributed by atoms with Crippen LogP contribution < -0.4 is 14.4 Å². The van der Waals surface area contributed by atoms with Crippen molar-refractivity contribution in [1.29, 1.82) is 0 Å². The van der Waals surface area contributed by atoms with E-state index in [2.05, 4.69) is 9.97 Å². The Kier molecular flexibility index (Phi) is 5.12. The number of nitrogens with zero attached hydrogens (tertiary/aromatic N) is 3. The van der Waals surface area contributed by atoms with Crippen molar-refractivity contribution in [3.63, 3.8) is 0 Å². The van der Waals surface area contributed by atoms with Gasteiger partial charge in [-0.1, -0.05) is 0 Å². The molecule has 0 saturated heterocycles. The highest BCUT2D eigenvalue weighted by Crippen LogP contribution is 2.36. The second-order valence-corrected chi connectivity index (χ2v) is 5.96. The van der Waals surface area contributed by atoms with Crippen molar-refractivity contribution in [2.24, 2.45) is 0 Å². The number of carboxylic acid groups (broad SMARTS) is 1. The fourth-order valence-electron chi connectivity index (χ4n) is 2.93. The van der Waals surface area contributed by atoms with Gasteiger partial charge in [-0.05, 0) is 44.2 Å². The second kappa shape index (κ2) is 7.49. The van der Waals surface area contributed by atoms with Crippen LogP contribution in [0.4, 0.5) is 11.4 Å². The Bertz CT molecular complexity index is 987. The van der Waals surface area contributed by atoms with E-state index < -0.39 is 5.97 Å². The zero-order valence-corrected chi connectivity index (χ0v) is 15.7. The molecule has 1 N–H and O–H groups in total. The smallest absolute Gasteiger partial charge is 0.339 e. The Morgan fingerprint density at radius 1 is 1.26 bits per heavy atom. The standard InChI is InChI=1S/C20H21N3O4/c1-5-27-17-10-15-18(23(3)13-6-8-14(26-4)9-7-13)16(20(24)25)11-21-19(15)22-12(17)2/h6-11H,5H2,1-4H3,(H,24,25). The third kappa shape index (κ3) is 3.48. The molecule has 0 amide bonds. The number of hydrogen-bond donors (Lipinski definition) is 1. The van der Waals surface area contributed by atoms with Gasteiger partial charge in [0, 0.05) is 24.3 Å². The topological polar surface area (TPSA) is 84.8 Å². The lowest BCUT2D eigenvalue weighted by atomic mass is 10.1. The molecule has 0 unspecified atom stereocenters. The fourth-order valence-corrected chi connectivity index (χ4v) is 2.93. The third-order valence-corrected chi connectivity index (χ3v) is 4.30. The Morgan fingerprint density at radius 3 is 2.56 bits per heavy atom. The zero-order valence-electron chi connectivity index (χ0n) is 15.7. The summed E-state index contributed by atoms with van der Waals surface area (Å²) in [6, 6.07) is 9.17. The van der Waals surface area contributed by atoms with E-state index in [-0.39, 0.29) is 5.56 Å². The maximum Gasteiger partial charge on any atom is 0.339 e. The molecule has 0 saturated carbocycles. The molecular weight excluding hydrogens is 346 g/mol. The van der Waals surface area contributed by atoms with Crippen LogP contribution in [-0.2, 0) is 0 Å². The molecule has 3 rings (SSSR count). The molecule has 2 aromatic heterocycles. The molecule has 0 fully saturated rings. The predicted molar refractivity (Wildman–Crippen MR) is 103 cm³/mol. The molecule has 2 heterocycles. The molecule has 7 nitrogen and oxygen atoms in total. The Hall–Kier alpha value is -3.35. The predicted octanol–water partition coefficient (Wildman–Crippen LogP) is 3.81. The molecule has 0 aliphatic rings. The number of anilines is 2. The summed E-state index contributed by atoms with van der Waals surface area (Å²) in [6.45, 7) is 4.22. The second-order valence-electron chi connectivity index (χ2n) is 5.96. The molecule has 0 aliphatic carbocycles. The van der Waals surface area contributed by atoms with Gasteiger partial charge in [-0.25, -0.2) is 14.8 Å². The van der Waals surface area contributed by atoms with Crippen LogP contribution >= 0.6 is 0 Å². The minimum absolute atomic E-state index is 0.0916. The van der Waals surface area contributed by atoms with Crippen molar-refractivity contribution in [2.45, 2.75) is 13.8 Å². The Labute approximate surface area is 157 Å². The zero-order chi connectivity index (χ0) is 19.6. The van der Waals surface area contributed by atoms with Crippen LogP contribution in [0.25, 0.3) is 11.0 Å². The molecular formula is C20H21N3O4. The summed E-state index contributed by atoms with van der Waals surface area (Å²) in [5.41, 5.74) is 2.58. The van der Waals surface area contributed by atoms with E-state index in [1.165, 1.54) is 6.20 Å². The average molecular weight is 367 g/mol. The van der Waals surface area contributed by atoms with E-state index in [0.717, 1.165) is 11.4 Å². The van der Waals surface area contributed by atoms with Crippen LogP contribution in [0.1, 0.15) is 23.0 Å². The van der Waals surface area contributed by atoms with Crippen LogP contribution in [0.2, 0.25) is 0 Å². The maximum absolute atomic E-state index is 11.8. The van der Waals surface area contributed by atoms with Gasteiger partial charge in [-0.2, -0.15) is 0 Å². The lowest BCUT2D eigenvalue weighted by molar-refractivity contribution is 0.0697. The summed E-state index contributed by atoms with van der Waals surface area (Å²) in [6.07, 6.45) is 1.34. The Morgan fingerprint density at radius 2 is 1.96 bits per heavy atom. The number of fused-ring (bicyclic) bond motifs is 1. The van der Waals surface area contributed by atoms with Gasteiger partial charge in [0.2, 0.25) is 0 Å². The molecule has 0 aliphatic heterocycles. The molecule has 0 bridgehead atoms. The first-order chi connectivity index (χ1) is 13.0. The van der Waals surface area contributed by atoms with Crippen molar-refractivity contribution in [3.05, 3.63) is 47.8 Å². The molecule has 0 spiro atoms. The first-order valence-electron chi connectivity index (χ1n) is 8.50. The highest BCUT2D eigenvalue weighted by molar-refractivity contribution is 6.05. The molecule has 3 aromatic rings. The number of benzene rings is 1. The van der Waals surface area contributed by atoms with Gasteiger partial charge in [-0.3, -0.25) is 0 Å². The van der Waals surface area contributed by atoms with Gasteiger partial charge >= 0.3 is 5.97 Å². The van der Waals surface area contributed by atoms with Crippen LogP contribution in [-0.4, -0.2) is 41.8 Å².